The molecule has 0 radical (unpaired) electrons. The van der Waals surface area contributed by atoms with E-state index >= 15 is 0 Å². The molecule has 0 aliphatic heterocycles. The molecule has 0 unspecified atom stereocenters. The first-order chi connectivity index (χ1) is 9.22. The molecule has 0 fully saturated rings. The highest BCUT2D eigenvalue weighted by atomic mass is 79.9. The van der Waals surface area contributed by atoms with Gasteiger partial charge in [0.25, 0.3) is 0 Å². The molecule has 4 nitrogen and oxygen atoms in total. The summed E-state index contributed by atoms with van der Waals surface area (Å²) >= 11 is 3.43. The van der Waals surface area contributed by atoms with Crippen LogP contribution >= 0.6 is 15.9 Å². The highest BCUT2D eigenvalue weighted by Gasteiger charge is 2.05. The third kappa shape index (κ3) is 2.61. The number of aryl methyl sites for hydroxylation is 1. The standard InChI is InChI=1S/C14H13BrN4/c1-9-18-13-12(6-7-16-14(13)19-9)17-8-10-2-4-11(15)5-3-10/h2-7H,8H2,1H3,(H2,16,17,18,19). The van der Waals surface area contributed by atoms with Gasteiger partial charge in [-0.05, 0) is 30.7 Å². The van der Waals surface area contributed by atoms with Gasteiger partial charge in [0.15, 0.2) is 5.65 Å². The molecule has 0 atom stereocenters. The molecule has 2 heterocycles. The number of anilines is 1. The number of aromatic nitrogens is 3. The molecule has 0 aliphatic rings. The van der Waals surface area contributed by atoms with E-state index in [9.17, 15) is 0 Å². The highest BCUT2D eigenvalue weighted by Crippen LogP contribution is 2.20. The minimum Gasteiger partial charge on any atom is -0.379 e. The lowest BCUT2D eigenvalue weighted by Gasteiger charge is -2.07. The number of benzene rings is 1. The van der Waals surface area contributed by atoms with Crippen LogP contribution in [-0.4, -0.2) is 15.0 Å². The fraction of sp³-hybridized carbons (Fsp3) is 0.143. The van der Waals surface area contributed by atoms with E-state index in [0.29, 0.717) is 0 Å². The molecule has 5 heteroatoms. The summed E-state index contributed by atoms with van der Waals surface area (Å²) in [5.41, 5.74) is 3.95. The Bertz CT molecular complexity index is 703. The van der Waals surface area contributed by atoms with Gasteiger partial charge in [-0.15, -0.1) is 0 Å². The molecule has 0 amide bonds. The van der Waals surface area contributed by atoms with Crippen LogP contribution < -0.4 is 5.32 Å². The summed E-state index contributed by atoms with van der Waals surface area (Å²) in [4.78, 5) is 11.8. The molecule has 3 rings (SSSR count). The van der Waals surface area contributed by atoms with Crippen molar-refractivity contribution in [1.82, 2.24) is 15.0 Å². The molecule has 0 saturated heterocycles. The Kier molecular flexibility index (Phi) is 3.21. The number of hydrogen-bond acceptors (Lipinski definition) is 3. The maximum Gasteiger partial charge on any atom is 0.179 e. The minimum absolute atomic E-state index is 0.748. The monoisotopic (exact) mass is 316 g/mol. The summed E-state index contributed by atoms with van der Waals surface area (Å²) in [6, 6.07) is 10.2. The number of hydrogen-bond donors (Lipinski definition) is 2. The zero-order valence-electron chi connectivity index (χ0n) is 10.4. The summed E-state index contributed by atoms with van der Waals surface area (Å²) in [6.07, 6.45) is 1.77. The third-order valence-corrected chi connectivity index (χ3v) is 3.44. The molecule has 0 bridgehead atoms. The maximum atomic E-state index is 4.33. The van der Waals surface area contributed by atoms with E-state index in [4.69, 9.17) is 0 Å². The lowest BCUT2D eigenvalue weighted by Crippen LogP contribution is -2.00. The normalized spacial score (nSPS) is 10.8. The van der Waals surface area contributed by atoms with Crippen molar-refractivity contribution in [2.75, 3.05) is 5.32 Å². The molecule has 0 spiro atoms. The van der Waals surface area contributed by atoms with Crippen molar-refractivity contribution in [2.24, 2.45) is 0 Å². The van der Waals surface area contributed by atoms with Crippen LogP contribution in [0, 0.1) is 6.92 Å². The van der Waals surface area contributed by atoms with Crippen molar-refractivity contribution in [1.29, 1.82) is 0 Å². The summed E-state index contributed by atoms with van der Waals surface area (Å²) in [7, 11) is 0. The van der Waals surface area contributed by atoms with Crippen LogP contribution in [0.5, 0.6) is 0 Å². The van der Waals surface area contributed by atoms with Gasteiger partial charge in [-0.1, -0.05) is 28.1 Å². The zero-order valence-corrected chi connectivity index (χ0v) is 12.0. The van der Waals surface area contributed by atoms with Crippen LogP contribution in [0.25, 0.3) is 11.2 Å². The number of rotatable bonds is 3. The van der Waals surface area contributed by atoms with Gasteiger partial charge in [-0.2, -0.15) is 0 Å². The number of nitrogens with one attached hydrogen (secondary N) is 2. The van der Waals surface area contributed by atoms with Crippen LogP contribution in [0.15, 0.2) is 41.0 Å². The van der Waals surface area contributed by atoms with Gasteiger partial charge < -0.3 is 10.3 Å². The lowest BCUT2D eigenvalue weighted by atomic mass is 10.2. The van der Waals surface area contributed by atoms with Gasteiger partial charge in [0.05, 0.1) is 5.69 Å². The van der Waals surface area contributed by atoms with E-state index in [-0.39, 0.29) is 0 Å². The van der Waals surface area contributed by atoms with Crippen molar-refractivity contribution in [2.45, 2.75) is 13.5 Å². The second-order valence-electron chi connectivity index (χ2n) is 4.36. The Hall–Kier alpha value is -1.88. The Labute approximate surface area is 119 Å². The number of nitrogens with zero attached hydrogens (tertiary/aromatic N) is 2. The SMILES string of the molecule is Cc1nc2nccc(NCc3ccc(Br)cc3)c2[nH]1. The predicted octanol–water partition coefficient (Wildman–Crippen LogP) is 3.64. The summed E-state index contributed by atoms with van der Waals surface area (Å²) in [6.45, 7) is 2.70. The molecule has 2 aromatic heterocycles. The van der Waals surface area contributed by atoms with Gasteiger partial charge in [0, 0.05) is 17.2 Å². The topological polar surface area (TPSA) is 53.6 Å². The van der Waals surface area contributed by atoms with Gasteiger partial charge in [0.1, 0.15) is 11.3 Å². The second kappa shape index (κ2) is 5.01. The van der Waals surface area contributed by atoms with E-state index in [1.54, 1.807) is 6.20 Å². The van der Waals surface area contributed by atoms with E-state index in [0.717, 1.165) is 33.7 Å². The van der Waals surface area contributed by atoms with Crippen LogP contribution in [0.1, 0.15) is 11.4 Å². The molecule has 19 heavy (non-hydrogen) atoms. The van der Waals surface area contributed by atoms with Crippen LogP contribution in [0.3, 0.4) is 0 Å². The first kappa shape index (κ1) is 12.2. The number of aromatic amines is 1. The van der Waals surface area contributed by atoms with E-state index in [1.807, 2.05) is 25.1 Å². The molecule has 0 aliphatic carbocycles. The predicted molar refractivity (Wildman–Crippen MR) is 80.1 cm³/mol. The van der Waals surface area contributed by atoms with E-state index < -0.39 is 0 Å². The summed E-state index contributed by atoms with van der Waals surface area (Å²) in [5, 5.41) is 3.41. The third-order valence-electron chi connectivity index (χ3n) is 2.91. The van der Waals surface area contributed by atoms with Crippen molar-refractivity contribution in [3.05, 3.63) is 52.4 Å². The summed E-state index contributed by atoms with van der Waals surface area (Å²) in [5.74, 6) is 0.875. The lowest BCUT2D eigenvalue weighted by molar-refractivity contribution is 1.14. The molecule has 1 aromatic carbocycles. The van der Waals surface area contributed by atoms with Crippen molar-refractivity contribution >= 4 is 32.8 Å². The Morgan fingerprint density at radius 1 is 1.21 bits per heavy atom. The number of imidazole rings is 1. The van der Waals surface area contributed by atoms with E-state index in [2.05, 4.69) is 48.3 Å². The molecular formula is C14H13BrN4. The molecule has 96 valence electrons. The van der Waals surface area contributed by atoms with E-state index in [1.165, 1.54) is 5.56 Å². The first-order valence-electron chi connectivity index (χ1n) is 6.02. The van der Waals surface area contributed by atoms with Crippen molar-refractivity contribution < 1.29 is 0 Å². The highest BCUT2D eigenvalue weighted by molar-refractivity contribution is 9.10. The number of pyridine rings is 1. The minimum atomic E-state index is 0.748. The average molecular weight is 317 g/mol. The zero-order chi connectivity index (χ0) is 13.2. The molecular weight excluding hydrogens is 304 g/mol. The molecule has 2 N–H and O–H groups in total. The Morgan fingerprint density at radius 2 is 2.00 bits per heavy atom. The van der Waals surface area contributed by atoms with Gasteiger partial charge in [-0.25, -0.2) is 9.97 Å². The molecule has 0 saturated carbocycles. The fourth-order valence-corrected chi connectivity index (χ4v) is 2.24. The number of fused-ring (bicyclic) bond motifs is 1. The van der Waals surface area contributed by atoms with Crippen molar-refractivity contribution in [3.8, 4) is 0 Å². The second-order valence-corrected chi connectivity index (χ2v) is 5.28. The van der Waals surface area contributed by atoms with Gasteiger partial charge >= 0.3 is 0 Å². The number of H-pyrrole nitrogens is 1. The number of halogens is 1. The van der Waals surface area contributed by atoms with Crippen LogP contribution in [0.2, 0.25) is 0 Å². The van der Waals surface area contributed by atoms with Crippen LogP contribution in [0.4, 0.5) is 5.69 Å². The fourth-order valence-electron chi connectivity index (χ4n) is 1.97. The molecule has 3 aromatic rings. The Morgan fingerprint density at radius 3 is 2.79 bits per heavy atom. The smallest absolute Gasteiger partial charge is 0.179 e. The largest absolute Gasteiger partial charge is 0.379 e. The average Bonchev–Trinajstić information content (AvgIpc) is 2.79. The summed E-state index contributed by atoms with van der Waals surface area (Å²) < 4.78 is 1.09. The van der Waals surface area contributed by atoms with Crippen LogP contribution in [-0.2, 0) is 6.54 Å². The first-order valence-corrected chi connectivity index (χ1v) is 6.81. The van der Waals surface area contributed by atoms with Gasteiger partial charge in [-0.3, -0.25) is 0 Å². The maximum absolute atomic E-state index is 4.33. The Balaban J connectivity index is 1.83. The van der Waals surface area contributed by atoms with Crippen molar-refractivity contribution in [3.63, 3.8) is 0 Å². The van der Waals surface area contributed by atoms with Gasteiger partial charge in [0.2, 0.25) is 0 Å². The quantitative estimate of drug-likeness (QED) is 0.775.